The molecule has 0 bridgehead atoms. The summed E-state index contributed by atoms with van der Waals surface area (Å²) in [5.74, 6) is 10.9. The molecule has 0 radical (unpaired) electrons. The van der Waals surface area contributed by atoms with E-state index in [9.17, 15) is 19.8 Å². The largest absolute Gasteiger partial charge is 0.478 e. The van der Waals surface area contributed by atoms with Crippen LogP contribution in [-0.4, -0.2) is 22.2 Å². The van der Waals surface area contributed by atoms with Crippen LogP contribution in [0.15, 0.2) is 36.4 Å². The Morgan fingerprint density at radius 1 is 0.533 bits per heavy atom. The summed E-state index contributed by atoms with van der Waals surface area (Å²) in [4.78, 5) is 24.1. The maximum absolute atomic E-state index is 12.0. The van der Waals surface area contributed by atoms with Gasteiger partial charge in [0.15, 0.2) is 0 Å². The van der Waals surface area contributed by atoms with Crippen molar-refractivity contribution in [3.63, 3.8) is 0 Å². The smallest absolute Gasteiger partial charge is 0.335 e. The van der Waals surface area contributed by atoms with Crippen LogP contribution in [0.3, 0.4) is 0 Å². The van der Waals surface area contributed by atoms with Crippen LogP contribution >= 0.6 is 0 Å². The highest BCUT2D eigenvalue weighted by atomic mass is 16.4. The van der Waals surface area contributed by atoms with Crippen LogP contribution in [0.5, 0.6) is 0 Å². The molecule has 0 spiro atoms. The van der Waals surface area contributed by atoms with Crippen LogP contribution < -0.4 is 0 Å². The number of hydrogen-bond donors (Lipinski definition) is 2. The molecule has 2 aromatic carbocycles. The van der Waals surface area contributed by atoms with Crippen molar-refractivity contribution in [3.05, 3.63) is 69.8 Å². The zero-order valence-corrected chi connectivity index (χ0v) is 28.4. The molecular formula is C41H56O4. The summed E-state index contributed by atoms with van der Waals surface area (Å²) in [6.45, 7) is 8.45. The van der Waals surface area contributed by atoms with Gasteiger partial charge in [-0.15, -0.1) is 0 Å². The lowest BCUT2D eigenvalue weighted by Gasteiger charge is -2.27. The van der Waals surface area contributed by atoms with Crippen molar-refractivity contribution in [2.75, 3.05) is 0 Å². The first-order chi connectivity index (χ1) is 21.7. The van der Waals surface area contributed by atoms with E-state index in [1.165, 1.54) is 89.9 Å². The van der Waals surface area contributed by atoms with Crippen LogP contribution in [0.1, 0.15) is 186 Å². The van der Waals surface area contributed by atoms with Gasteiger partial charge >= 0.3 is 11.9 Å². The molecular weight excluding hydrogens is 556 g/mol. The SMILES string of the molecule is CCCCCCCCCCC#Cc1cc(C(=O)O)cc(C(C)(C)c2cc(C#CCCCCCCCCCC)cc(C(=O)O)c2)c1. The van der Waals surface area contributed by atoms with Gasteiger partial charge in [-0.05, 0) is 60.4 Å². The van der Waals surface area contributed by atoms with Crippen LogP contribution in [0.2, 0.25) is 0 Å². The van der Waals surface area contributed by atoms with E-state index in [0.717, 1.165) is 36.8 Å². The standard InChI is InChI=1S/C41H56O4/c1-5-7-9-11-13-15-17-19-21-23-25-33-27-35(39(42)43)31-37(29-33)41(3,4)38-30-34(28-36(32-38)40(44)45)26-24-22-20-18-16-14-12-10-8-6-2/h27-32H,5-22H2,1-4H3,(H,42,43)(H,44,45). The second-order valence-corrected chi connectivity index (χ2v) is 12.9. The second-order valence-electron chi connectivity index (χ2n) is 12.9. The average Bonchev–Trinajstić information content (AvgIpc) is 3.02. The third-order valence-electron chi connectivity index (χ3n) is 8.58. The first-order valence-corrected chi connectivity index (χ1v) is 17.4. The summed E-state index contributed by atoms with van der Waals surface area (Å²) in [5.41, 5.74) is 2.57. The van der Waals surface area contributed by atoms with Crippen molar-refractivity contribution >= 4 is 11.9 Å². The maximum Gasteiger partial charge on any atom is 0.335 e. The van der Waals surface area contributed by atoms with Crippen LogP contribution in [0.25, 0.3) is 0 Å². The summed E-state index contributed by atoms with van der Waals surface area (Å²) >= 11 is 0. The predicted molar refractivity (Wildman–Crippen MR) is 187 cm³/mol. The molecule has 244 valence electrons. The van der Waals surface area contributed by atoms with E-state index in [1.807, 2.05) is 26.0 Å². The lowest BCUT2D eigenvalue weighted by molar-refractivity contribution is 0.0686. The molecule has 0 aliphatic carbocycles. The van der Waals surface area contributed by atoms with Gasteiger partial charge in [-0.3, -0.25) is 0 Å². The highest BCUT2D eigenvalue weighted by molar-refractivity contribution is 5.89. The first kappa shape index (κ1) is 37.7. The second kappa shape index (κ2) is 21.3. The van der Waals surface area contributed by atoms with Gasteiger partial charge in [0.25, 0.3) is 0 Å². The number of carbonyl (C=O) groups is 2. The van der Waals surface area contributed by atoms with Gasteiger partial charge in [0.05, 0.1) is 11.1 Å². The summed E-state index contributed by atoms with van der Waals surface area (Å²) < 4.78 is 0. The Kier molecular flexibility index (Phi) is 17.8. The molecule has 4 heteroatoms. The van der Waals surface area contributed by atoms with Crippen LogP contribution in [-0.2, 0) is 5.41 Å². The third kappa shape index (κ3) is 14.4. The molecule has 45 heavy (non-hydrogen) atoms. The fourth-order valence-electron chi connectivity index (χ4n) is 5.56. The molecule has 0 heterocycles. The molecule has 0 aliphatic rings. The van der Waals surface area contributed by atoms with E-state index in [0.29, 0.717) is 11.1 Å². The maximum atomic E-state index is 12.0. The van der Waals surface area contributed by atoms with Crippen molar-refractivity contribution in [3.8, 4) is 23.7 Å². The molecule has 2 N–H and O–H groups in total. The first-order valence-electron chi connectivity index (χ1n) is 17.4. The van der Waals surface area contributed by atoms with Crippen LogP contribution in [0, 0.1) is 23.7 Å². The summed E-state index contributed by atoms with van der Waals surface area (Å²) in [7, 11) is 0. The van der Waals surface area contributed by atoms with E-state index in [1.54, 1.807) is 24.3 Å². The van der Waals surface area contributed by atoms with Gasteiger partial charge in [-0.2, -0.15) is 0 Å². The number of aromatic carboxylic acids is 2. The van der Waals surface area contributed by atoms with Crippen molar-refractivity contribution in [1.82, 2.24) is 0 Å². The Labute approximate surface area is 273 Å². The molecule has 0 saturated heterocycles. The number of benzene rings is 2. The minimum absolute atomic E-state index is 0.178. The predicted octanol–water partition coefficient (Wildman–Crippen LogP) is 11.2. The number of hydrogen-bond acceptors (Lipinski definition) is 2. The molecule has 2 rings (SSSR count). The number of rotatable bonds is 20. The van der Waals surface area contributed by atoms with Crippen LogP contribution in [0.4, 0.5) is 0 Å². The van der Waals surface area contributed by atoms with Gasteiger partial charge < -0.3 is 10.2 Å². The molecule has 0 atom stereocenters. The van der Waals surface area contributed by atoms with Gasteiger partial charge in [0.2, 0.25) is 0 Å². The van der Waals surface area contributed by atoms with E-state index >= 15 is 0 Å². The van der Waals surface area contributed by atoms with Gasteiger partial charge in [0.1, 0.15) is 0 Å². The average molecular weight is 613 g/mol. The number of carboxylic acid groups (broad SMARTS) is 2. The molecule has 0 amide bonds. The number of unbranched alkanes of at least 4 members (excludes halogenated alkanes) is 16. The molecule has 0 aromatic heterocycles. The number of carboxylic acids is 2. The van der Waals surface area contributed by atoms with E-state index < -0.39 is 17.4 Å². The van der Waals surface area contributed by atoms with E-state index in [2.05, 4.69) is 37.5 Å². The van der Waals surface area contributed by atoms with Crippen molar-refractivity contribution in [2.45, 2.75) is 149 Å². The Morgan fingerprint density at radius 3 is 1.20 bits per heavy atom. The van der Waals surface area contributed by atoms with Gasteiger partial charge in [-0.25, -0.2) is 9.59 Å². The summed E-state index contributed by atoms with van der Waals surface area (Å²) in [6, 6.07) is 10.5. The van der Waals surface area contributed by atoms with Gasteiger partial charge in [0, 0.05) is 29.4 Å². The van der Waals surface area contributed by atoms with E-state index in [-0.39, 0.29) is 11.1 Å². The monoisotopic (exact) mass is 612 g/mol. The van der Waals surface area contributed by atoms with Crippen molar-refractivity contribution < 1.29 is 19.8 Å². The molecule has 0 unspecified atom stereocenters. The fourth-order valence-corrected chi connectivity index (χ4v) is 5.56. The lowest BCUT2D eigenvalue weighted by Crippen LogP contribution is -2.21. The molecule has 4 nitrogen and oxygen atoms in total. The zero-order valence-electron chi connectivity index (χ0n) is 28.4. The molecule has 2 aromatic rings. The van der Waals surface area contributed by atoms with Crippen molar-refractivity contribution in [1.29, 1.82) is 0 Å². The molecule has 0 saturated carbocycles. The molecule has 0 aliphatic heterocycles. The van der Waals surface area contributed by atoms with Crippen molar-refractivity contribution in [2.24, 2.45) is 0 Å². The highest BCUT2D eigenvalue weighted by Gasteiger charge is 2.26. The van der Waals surface area contributed by atoms with Gasteiger partial charge in [-0.1, -0.05) is 141 Å². The lowest BCUT2D eigenvalue weighted by atomic mass is 9.76. The van der Waals surface area contributed by atoms with E-state index in [4.69, 9.17) is 0 Å². The summed E-state index contributed by atoms with van der Waals surface area (Å²) in [5, 5.41) is 19.7. The minimum Gasteiger partial charge on any atom is -0.478 e. The Morgan fingerprint density at radius 2 is 0.867 bits per heavy atom. The molecule has 0 fully saturated rings. The fraction of sp³-hybridized carbons (Fsp3) is 0.561. The Bertz CT molecular complexity index is 1230. The normalized spacial score (nSPS) is 10.9. The summed E-state index contributed by atoms with van der Waals surface area (Å²) in [6.07, 6.45) is 21.4. The quantitative estimate of drug-likeness (QED) is 0.115. The zero-order chi connectivity index (χ0) is 32.9. The Hall–Kier alpha value is -3.50. The topological polar surface area (TPSA) is 74.6 Å². The third-order valence-corrected chi connectivity index (χ3v) is 8.58. The highest BCUT2D eigenvalue weighted by Crippen LogP contribution is 2.34. The Balaban J connectivity index is 2.15. The minimum atomic E-state index is -1.01.